The lowest BCUT2D eigenvalue weighted by molar-refractivity contribution is -0.117. The highest BCUT2D eigenvalue weighted by atomic mass is 35.5. The predicted molar refractivity (Wildman–Crippen MR) is 131 cm³/mol. The normalized spacial score (nSPS) is 15.9. The largest absolute Gasteiger partial charge is 0.503 e. The fourth-order valence-electron chi connectivity index (χ4n) is 4.08. The Labute approximate surface area is 204 Å². The SMILES string of the molecule is Cc1ccc(Cl)cc1N1C(=O)C(O)=C(C(=O)c2sc(-c3ccccc3)nc2C)C1c1ccco1. The zero-order valence-corrected chi connectivity index (χ0v) is 19.9. The molecule has 170 valence electrons. The van der Waals surface area contributed by atoms with Gasteiger partial charge in [0.15, 0.2) is 5.76 Å². The molecule has 34 heavy (non-hydrogen) atoms. The highest BCUT2D eigenvalue weighted by Gasteiger charge is 2.47. The van der Waals surface area contributed by atoms with E-state index in [1.807, 2.05) is 37.3 Å². The van der Waals surface area contributed by atoms with Gasteiger partial charge in [0.2, 0.25) is 5.78 Å². The molecular formula is C26H19ClN2O4S. The number of Topliss-reactive ketones (excluding diaryl/α,β-unsaturated/α-hetero) is 1. The van der Waals surface area contributed by atoms with Crippen LogP contribution in [-0.4, -0.2) is 21.8 Å². The van der Waals surface area contributed by atoms with Gasteiger partial charge in [-0.1, -0.05) is 48.0 Å². The van der Waals surface area contributed by atoms with Gasteiger partial charge in [-0.05, 0) is 43.7 Å². The zero-order chi connectivity index (χ0) is 24.0. The Bertz CT molecular complexity index is 1440. The van der Waals surface area contributed by atoms with Crippen molar-refractivity contribution in [2.45, 2.75) is 19.9 Å². The van der Waals surface area contributed by atoms with Crippen LogP contribution in [0.15, 0.2) is 82.7 Å². The number of nitrogens with zero attached hydrogens (tertiary/aromatic N) is 2. The van der Waals surface area contributed by atoms with Crippen LogP contribution in [0.5, 0.6) is 0 Å². The second-order valence-electron chi connectivity index (χ2n) is 7.91. The van der Waals surface area contributed by atoms with Crippen molar-refractivity contribution < 1.29 is 19.1 Å². The molecule has 0 aliphatic carbocycles. The standard InChI is InChI=1S/C26H19ClN2O4S/c1-14-10-11-17(27)13-18(14)29-21(19-9-6-12-33-19)20(23(31)26(29)32)22(30)24-15(2)28-25(34-24)16-7-4-3-5-8-16/h3-13,21,31H,1-2H3. The molecule has 0 fully saturated rings. The molecule has 1 aliphatic heterocycles. The van der Waals surface area contributed by atoms with E-state index < -0.39 is 23.5 Å². The molecule has 1 aliphatic rings. The van der Waals surface area contributed by atoms with E-state index in [9.17, 15) is 14.7 Å². The van der Waals surface area contributed by atoms with Crippen LogP contribution >= 0.6 is 22.9 Å². The summed E-state index contributed by atoms with van der Waals surface area (Å²) in [6, 6.07) is 17.1. The molecule has 0 bridgehead atoms. The first-order chi connectivity index (χ1) is 16.4. The maximum atomic E-state index is 13.8. The second kappa shape index (κ2) is 8.59. The Hall–Kier alpha value is -3.68. The second-order valence-corrected chi connectivity index (χ2v) is 9.35. The minimum Gasteiger partial charge on any atom is -0.503 e. The molecule has 0 saturated heterocycles. The molecule has 0 radical (unpaired) electrons. The van der Waals surface area contributed by atoms with Crippen molar-refractivity contribution >= 4 is 40.3 Å². The van der Waals surface area contributed by atoms with Crippen molar-refractivity contribution in [2.75, 3.05) is 4.90 Å². The van der Waals surface area contributed by atoms with Gasteiger partial charge < -0.3 is 9.52 Å². The number of aromatic nitrogens is 1. The van der Waals surface area contributed by atoms with Crippen LogP contribution in [0.25, 0.3) is 10.6 Å². The third kappa shape index (κ3) is 3.63. The number of hydrogen-bond donors (Lipinski definition) is 1. The Morgan fingerprint density at radius 3 is 2.59 bits per heavy atom. The van der Waals surface area contributed by atoms with Gasteiger partial charge in [0.05, 0.1) is 22.4 Å². The number of anilines is 1. The van der Waals surface area contributed by atoms with E-state index in [1.165, 1.54) is 22.5 Å². The summed E-state index contributed by atoms with van der Waals surface area (Å²) in [4.78, 5) is 33.4. The highest BCUT2D eigenvalue weighted by Crippen LogP contribution is 2.44. The number of aryl methyl sites for hydroxylation is 2. The minimum atomic E-state index is -0.950. The van der Waals surface area contributed by atoms with Crippen LogP contribution in [0.3, 0.4) is 0 Å². The van der Waals surface area contributed by atoms with Gasteiger partial charge in [-0.25, -0.2) is 4.98 Å². The van der Waals surface area contributed by atoms with E-state index in [1.54, 1.807) is 37.3 Å². The lowest BCUT2D eigenvalue weighted by Crippen LogP contribution is -2.31. The van der Waals surface area contributed by atoms with E-state index in [0.717, 1.165) is 11.1 Å². The van der Waals surface area contributed by atoms with Crippen LogP contribution in [-0.2, 0) is 4.79 Å². The molecule has 0 saturated carbocycles. The summed E-state index contributed by atoms with van der Waals surface area (Å²) in [6.07, 6.45) is 1.46. The number of halogens is 1. The summed E-state index contributed by atoms with van der Waals surface area (Å²) in [5, 5.41) is 12.1. The molecule has 1 unspecified atom stereocenters. The van der Waals surface area contributed by atoms with Crippen molar-refractivity contribution in [1.29, 1.82) is 0 Å². The third-order valence-electron chi connectivity index (χ3n) is 5.72. The summed E-state index contributed by atoms with van der Waals surface area (Å²) >= 11 is 7.44. The summed E-state index contributed by atoms with van der Waals surface area (Å²) < 4.78 is 5.62. The number of thiazole rings is 1. The van der Waals surface area contributed by atoms with E-state index >= 15 is 0 Å². The topological polar surface area (TPSA) is 83.6 Å². The number of benzene rings is 2. The Morgan fingerprint density at radius 2 is 1.88 bits per heavy atom. The van der Waals surface area contributed by atoms with E-state index in [2.05, 4.69) is 4.98 Å². The monoisotopic (exact) mass is 490 g/mol. The average molecular weight is 491 g/mol. The van der Waals surface area contributed by atoms with E-state index in [0.29, 0.717) is 32.0 Å². The molecule has 3 heterocycles. The number of aliphatic hydroxyl groups excluding tert-OH is 1. The van der Waals surface area contributed by atoms with E-state index in [4.69, 9.17) is 16.0 Å². The molecule has 4 aromatic rings. The zero-order valence-electron chi connectivity index (χ0n) is 18.3. The Balaban J connectivity index is 1.63. The van der Waals surface area contributed by atoms with Crippen LogP contribution in [0, 0.1) is 13.8 Å². The van der Waals surface area contributed by atoms with Gasteiger partial charge >= 0.3 is 0 Å². The van der Waals surface area contributed by atoms with Crippen LogP contribution in [0.4, 0.5) is 5.69 Å². The van der Waals surface area contributed by atoms with Crippen LogP contribution in [0.1, 0.15) is 32.7 Å². The Kier molecular flexibility index (Phi) is 5.59. The molecule has 5 rings (SSSR count). The Morgan fingerprint density at radius 1 is 1.12 bits per heavy atom. The van der Waals surface area contributed by atoms with Crippen molar-refractivity contribution in [1.82, 2.24) is 4.98 Å². The van der Waals surface area contributed by atoms with Crippen molar-refractivity contribution in [3.8, 4) is 10.6 Å². The van der Waals surface area contributed by atoms with Gasteiger partial charge in [-0.2, -0.15) is 0 Å². The minimum absolute atomic E-state index is 0.0503. The molecular weight excluding hydrogens is 472 g/mol. The fraction of sp³-hybridized carbons (Fsp3) is 0.115. The first-order valence-electron chi connectivity index (χ1n) is 10.5. The smallest absolute Gasteiger partial charge is 0.294 e. The van der Waals surface area contributed by atoms with Crippen LogP contribution < -0.4 is 4.90 Å². The molecule has 1 atom stereocenters. The number of carbonyl (C=O) groups excluding carboxylic acids is 2. The first kappa shape index (κ1) is 22.1. The molecule has 0 spiro atoms. The average Bonchev–Trinajstić information content (AvgIpc) is 3.55. The van der Waals surface area contributed by atoms with Crippen molar-refractivity contribution in [3.63, 3.8) is 0 Å². The summed E-state index contributed by atoms with van der Waals surface area (Å²) in [7, 11) is 0. The fourth-order valence-corrected chi connectivity index (χ4v) is 5.27. The lowest BCUT2D eigenvalue weighted by Gasteiger charge is -2.26. The number of amides is 1. The summed E-state index contributed by atoms with van der Waals surface area (Å²) in [5.74, 6) is -1.42. The maximum Gasteiger partial charge on any atom is 0.294 e. The number of rotatable bonds is 5. The molecule has 2 aromatic carbocycles. The third-order valence-corrected chi connectivity index (χ3v) is 7.16. The molecule has 2 aromatic heterocycles. The van der Waals surface area contributed by atoms with Gasteiger partial charge in [0, 0.05) is 16.3 Å². The summed E-state index contributed by atoms with van der Waals surface area (Å²) in [6.45, 7) is 3.57. The molecule has 8 heteroatoms. The lowest BCUT2D eigenvalue weighted by atomic mass is 9.99. The number of aliphatic hydroxyl groups is 1. The highest BCUT2D eigenvalue weighted by molar-refractivity contribution is 7.17. The molecule has 1 amide bonds. The quantitative estimate of drug-likeness (QED) is 0.325. The van der Waals surface area contributed by atoms with Crippen LogP contribution in [0.2, 0.25) is 5.02 Å². The number of carbonyl (C=O) groups is 2. The van der Waals surface area contributed by atoms with Crippen molar-refractivity contribution in [2.24, 2.45) is 0 Å². The summed E-state index contributed by atoms with van der Waals surface area (Å²) in [5.41, 5.74) is 2.60. The first-order valence-corrected chi connectivity index (χ1v) is 11.7. The number of furan rings is 1. The maximum absolute atomic E-state index is 13.8. The molecule has 6 nitrogen and oxygen atoms in total. The van der Waals surface area contributed by atoms with Gasteiger partial charge in [0.25, 0.3) is 5.91 Å². The van der Waals surface area contributed by atoms with Crippen molar-refractivity contribution in [3.05, 3.63) is 105 Å². The number of ketones is 1. The van der Waals surface area contributed by atoms with Gasteiger partial charge in [0.1, 0.15) is 16.8 Å². The predicted octanol–water partition coefficient (Wildman–Crippen LogP) is 6.46. The van der Waals surface area contributed by atoms with Gasteiger partial charge in [-0.3, -0.25) is 14.5 Å². The van der Waals surface area contributed by atoms with E-state index in [-0.39, 0.29) is 5.57 Å². The van der Waals surface area contributed by atoms with Gasteiger partial charge in [-0.15, -0.1) is 11.3 Å². The number of hydrogen-bond acceptors (Lipinski definition) is 6. The molecule has 1 N–H and O–H groups in total.